The summed E-state index contributed by atoms with van der Waals surface area (Å²) in [5.41, 5.74) is 7.06. The van der Waals surface area contributed by atoms with E-state index in [-0.39, 0.29) is 13.6 Å². The van der Waals surface area contributed by atoms with E-state index in [9.17, 15) is 9.67 Å². The van der Waals surface area contributed by atoms with Crippen molar-refractivity contribution in [3.63, 3.8) is 0 Å². The Morgan fingerprint density at radius 3 is 1.94 bits per heavy atom. The largest absolute Gasteiger partial charge is 0.389 e. The third-order valence-electron chi connectivity index (χ3n) is 11.2. The van der Waals surface area contributed by atoms with Gasteiger partial charge in [0.25, 0.3) is 0 Å². The van der Waals surface area contributed by atoms with Crippen molar-refractivity contribution in [2.24, 2.45) is 22.7 Å². The average Bonchev–Trinajstić information content (AvgIpc) is 2.99. The molecule has 7 atom stereocenters. The van der Waals surface area contributed by atoms with Crippen molar-refractivity contribution in [1.29, 1.82) is 0 Å². The van der Waals surface area contributed by atoms with Crippen molar-refractivity contribution in [2.75, 3.05) is 12.8 Å². The van der Waals surface area contributed by atoms with Crippen molar-refractivity contribution in [3.05, 3.63) is 58.2 Å². The Labute approximate surface area is 299 Å². The topological polar surface area (TPSA) is 46.5 Å². The molecule has 5 unspecified atom stereocenters. The summed E-state index contributed by atoms with van der Waals surface area (Å²) >= 11 is 0. The van der Waals surface area contributed by atoms with Gasteiger partial charge in [-0.2, -0.15) is 0 Å². The predicted octanol–water partition coefficient (Wildman–Crippen LogP) is 14.1. The zero-order chi connectivity index (χ0) is 35.5. The summed E-state index contributed by atoms with van der Waals surface area (Å²) in [7, 11) is 3.88. The second kappa shape index (κ2) is 23.5. The molecule has 0 aromatic carbocycles. The van der Waals surface area contributed by atoms with E-state index in [1.807, 2.05) is 0 Å². The van der Waals surface area contributed by atoms with Gasteiger partial charge in [0.1, 0.15) is 0 Å². The molecule has 2 fully saturated rings. The fourth-order valence-electron chi connectivity index (χ4n) is 8.07. The molecule has 3 nitrogen and oxygen atoms in total. The minimum atomic E-state index is -0.536. The van der Waals surface area contributed by atoms with Gasteiger partial charge in [-0.15, -0.1) is 0 Å². The molecule has 2 aliphatic rings. The van der Waals surface area contributed by atoms with Crippen LogP contribution in [0, 0.1) is 22.7 Å². The summed E-state index contributed by atoms with van der Waals surface area (Å²) in [5, 5.41) is 11.9. The van der Waals surface area contributed by atoms with Gasteiger partial charge in [0, 0.05) is 8.50 Å². The fourth-order valence-corrected chi connectivity index (χ4v) is 9.55. The van der Waals surface area contributed by atoms with Crippen molar-refractivity contribution < 1.29 is 14.2 Å². The second-order valence-corrected chi connectivity index (χ2v) is 19.3. The first-order valence-electron chi connectivity index (χ1n) is 18.2. The van der Waals surface area contributed by atoms with E-state index >= 15 is 0 Å². The van der Waals surface area contributed by atoms with Crippen LogP contribution in [0.4, 0.5) is 0 Å². The summed E-state index contributed by atoms with van der Waals surface area (Å²) in [6.07, 6.45) is 27.4. The molecule has 2 rings (SSSR count). The molecule has 0 spiro atoms. The van der Waals surface area contributed by atoms with Gasteiger partial charge in [0.15, 0.2) is 8.15 Å². The molecular formula is C40H72O3P4. The van der Waals surface area contributed by atoms with Crippen LogP contribution < -0.4 is 0 Å². The van der Waals surface area contributed by atoms with Gasteiger partial charge in [0.2, 0.25) is 0 Å². The predicted molar refractivity (Wildman–Crippen MR) is 219 cm³/mol. The smallest absolute Gasteiger partial charge is 0.178 e. The highest BCUT2D eigenvalue weighted by Crippen LogP contribution is 2.63. The van der Waals surface area contributed by atoms with Gasteiger partial charge in [-0.25, -0.2) is 0 Å². The summed E-state index contributed by atoms with van der Waals surface area (Å²) in [6.45, 7) is 23.4. The molecule has 0 aromatic rings. The summed E-state index contributed by atoms with van der Waals surface area (Å²) < 4.78 is 15.8. The van der Waals surface area contributed by atoms with E-state index in [1.165, 1.54) is 72.8 Å². The Bertz CT molecular complexity index is 1090. The third kappa shape index (κ3) is 16.3. The first-order valence-corrected chi connectivity index (χ1v) is 23.8. The first kappa shape index (κ1) is 45.0. The van der Waals surface area contributed by atoms with Crippen LogP contribution in [0.2, 0.25) is 0 Å². The Hall–Kier alpha value is 0.01000. The summed E-state index contributed by atoms with van der Waals surface area (Å²) in [5.74, 6) is 1.04. The highest BCUT2D eigenvalue weighted by atomic mass is 32.0. The maximum Gasteiger partial charge on any atom is 0.178 e. The molecule has 1 N–H and O–H groups in total. The molecule has 2 saturated carbocycles. The molecule has 47 heavy (non-hydrogen) atoms. The maximum absolute atomic E-state index is 11.9. The molecule has 0 aliphatic heterocycles. The Morgan fingerprint density at radius 2 is 1.38 bits per heavy atom. The molecule has 0 aromatic heterocycles. The lowest BCUT2D eigenvalue weighted by Gasteiger charge is -2.63. The lowest BCUT2D eigenvalue weighted by atomic mass is 9.44. The third-order valence-corrected chi connectivity index (χ3v) is 13.5. The number of rotatable bonds is 18. The van der Waals surface area contributed by atoms with Gasteiger partial charge in [-0.05, 0) is 156 Å². The molecule has 0 saturated heterocycles. The minimum Gasteiger partial charge on any atom is -0.389 e. The highest BCUT2D eigenvalue weighted by molar-refractivity contribution is 8.06. The van der Waals surface area contributed by atoms with Crippen LogP contribution in [0.5, 0.6) is 0 Å². The van der Waals surface area contributed by atoms with Crippen LogP contribution in [0.15, 0.2) is 58.2 Å². The molecule has 0 bridgehead atoms. The molecule has 7 heteroatoms. The molecule has 270 valence electrons. The van der Waals surface area contributed by atoms with Crippen molar-refractivity contribution >= 4 is 33.8 Å². The Balaban J connectivity index is 0.000000471. The molecular weight excluding hydrogens is 652 g/mol. The number of hydrogen-bond acceptors (Lipinski definition) is 3. The van der Waals surface area contributed by atoms with Gasteiger partial charge < -0.3 is 9.63 Å². The van der Waals surface area contributed by atoms with E-state index in [2.05, 4.69) is 109 Å². The zero-order valence-electron chi connectivity index (χ0n) is 31.9. The van der Waals surface area contributed by atoms with E-state index < -0.39 is 5.60 Å². The van der Waals surface area contributed by atoms with Gasteiger partial charge in [-0.3, -0.25) is 4.57 Å². The van der Waals surface area contributed by atoms with Crippen LogP contribution in [0.1, 0.15) is 153 Å². The van der Waals surface area contributed by atoms with Crippen LogP contribution >= 0.6 is 33.8 Å². The summed E-state index contributed by atoms with van der Waals surface area (Å²) in [4.78, 5) is 0. The Morgan fingerprint density at radius 1 is 0.830 bits per heavy atom. The fraction of sp³-hybridized carbons (Fsp3) is 0.750. The van der Waals surface area contributed by atoms with E-state index in [0.29, 0.717) is 40.6 Å². The monoisotopic (exact) mass is 724 g/mol. The quantitative estimate of drug-likeness (QED) is 0.0870. The van der Waals surface area contributed by atoms with E-state index in [1.54, 1.807) is 0 Å². The van der Waals surface area contributed by atoms with Gasteiger partial charge >= 0.3 is 0 Å². The standard InChI is InChI=1S/C20H38O2P2.C20H34OP2/c1-15(10-14-22-24-23)9-13-20(21)16(2)7-8-17-18(3,4)11-6-12-19(17,20)5;1-17(2)9-6-10-18(3)11-7-12-19(4)13-8-14-20(5)15-16-22-23-21/h10,16-17,21,24H,6-9,11-14,23H2,1-5H3;9,11,13,15,22H,6-8,10,12,14,16H2,1-5H3/b15-10-;18-11-,19-13+,20-15-/t16?,17?,19-,20+;/m0./s1. The maximum atomic E-state index is 11.9. The first-order chi connectivity index (χ1) is 22.1. The normalized spacial score (nSPS) is 27.3. The van der Waals surface area contributed by atoms with E-state index in [4.69, 9.17) is 4.52 Å². The van der Waals surface area contributed by atoms with Crippen LogP contribution in [-0.2, 0) is 9.09 Å². The summed E-state index contributed by atoms with van der Waals surface area (Å²) in [6, 6.07) is 0. The van der Waals surface area contributed by atoms with Gasteiger partial charge in [0.05, 0.1) is 12.2 Å². The van der Waals surface area contributed by atoms with Crippen LogP contribution in [-0.4, -0.2) is 23.5 Å². The SMILES string of the molecule is C/C(=C/COPP)CC[C@@]1(O)C(C)CCC2C(C)(C)CCC[C@@]21C.CC(C)=CCC/C(C)=C\CC/C(C)=C/CC/C(C)=C\CPP=O. The van der Waals surface area contributed by atoms with Crippen molar-refractivity contribution in [3.8, 4) is 0 Å². The molecule has 0 amide bonds. The molecule has 0 heterocycles. The van der Waals surface area contributed by atoms with Gasteiger partial charge in [-0.1, -0.05) is 101 Å². The zero-order valence-corrected chi connectivity index (χ0v) is 36.0. The van der Waals surface area contributed by atoms with Crippen LogP contribution in [0.3, 0.4) is 0 Å². The van der Waals surface area contributed by atoms with Crippen molar-refractivity contribution in [2.45, 2.75) is 158 Å². The van der Waals surface area contributed by atoms with E-state index in [0.717, 1.165) is 44.7 Å². The number of fused-ring (bicyclic) bond motifs is 1. The lowest BCUT2D eigenvalue weighted by molar-refractivity contribution is -0.211. The number of allylic oxidation sites excluding steroid dienone is 9. The lowest BCUT2D eigenvalue weighted by Crippen LogP contribution is -2.62. The molecule has 2 aliphatic carbocycles. The average molecular weight is 725 g/mol. The minimum absolute atomic E-state index is 0.0602. The van der Waals surface area contributed by atoms with Crippen molar-refractivity contribution in [1.82, 2.24) is 0 Å². The molecule has 0 radical (unpaired) electrons. The highest BCUT2D eigenvalue weighted by Gasteiger charge is 2.60. The Kier molecular flexibility index (Phi) is 22.5. The number of aliphatic hydroxyl groups is 1. The van der Waals surface area contributed by atoms with Crippen LogP contribution in [0.25, 0.3) is 0 Å². The number of hydrogen-bond donors (Lipinski definition) is 1. The second-order valence-electron chi connectivity index (χ2n) is 15.7.